The third kappa shape index (κ3) is 5.05. The molecule has 1 amide bonds. The van der Waals surface area contributed by atoms with Gasteiger partial charge in [0.05, 0.1) is 10.6 Å². The predicted molar refractivity (Wildman–Crippen MR) is 133 cm³/mol. The summed E-state index contributed by atoms with van der Waals surface area (Å²) in [6.07, 6.45) is 1.47. The number of amides is 1. The summed E-state index contributed by atoms with van der Waals surface area (Å²) >= 11 is 1.15. The van der Waals surface area contributed by atoms with E-state index in [0.29, 0.717) is 27.7 Å². The van der Waals surface area contributed by atoms with Crippen molar-refractivity contribution in [3.63, 3.8) is 0 Å². The molecule has 35 heavy (non-hydrogen) atoms. The highest BCUT2D eigenvalue weighted by Gasteiger charge is 2.16. The van der Waals surface area contributed by atoms with Gasteiger partial charge in [0.2, 0.25) is 17.0 Å². The Morgan fingerprint density at radius 2 is 1.83 bits per heavy atom. The Hall–Kier alpha value is -4.10. The van der Waals surface area contributed by atoms with Crippen LogP contribution in [0.1, 0.15) is 5.69 Å². The lowest BCUT2D eigenvalue weighted by molar-refractivity contribution is -0.113. The van der Waals surface area contributed by atoms with Gasteiger partial charge < -0.3 is 10.3 Å². The molecule has 13 heteroatoms. The van der Waals surface area contributed by atoms with Crippen LogP contribution in [0.25, 0.3) is 22.1 Å². The number of anilines is 2. The first kappa shape index (κ1) is 22.7. The van der Waals surface area contributed by atoms with E-state index >= 15 is 0 Å². The number of aromatic amines is 1. The van der Waals surface area contributed by atoms with Crippen molar-refractivity contribution in [3.8, 4) is 0 Å². The summed E-state index contributed by atoms with van der Waals surface area (Å²) in [4.78, 5) is 28.0. The topological polar surface area (TPSA) is 156 Å². The number of benzene rings is 2. The van der Waals surface area contributed by atoms with E-state index in [1.165, 1.54) is 30.5 Å². The van der Waals surface area contributed by atoms with Crippen molar-refractivity contribution in [1.29, 1.82) is 0 Å². The molecule has 3 N–H and O–H groups in total. The molecule has 3 aromatic heterocycles. The quantitative estimate of drug-likeness (QED) is 0.282. The van der Waals surface area contributed by atoms with Crippen LogP contribution >= 0.6 is 11.8 Å². The number of aryl methyl sites for hydroxylation is 1. The maximum absolute atomic E-state index is 12.6. The second kappa shape index (κ2) is 9.27. The summed E-state index contributed by atoms with van der Waals surface area (Å²) in [5.41, 5.74) is 3.28. The first-order valence-electron chi connectivity index (χ1n) is 10.3. The first-order chi connectivity index (χ1) is 16.9. The molecule has 0 aliphatic heterocycles. The van der Waals surface area contributed by atoms with Gasteiger partial charge in [-0.1, -0.05) is 30.0 Å². The van der Waals surface area contributed by atoms with Crippen molar-refractivity contribution in [1.82, 2.24) is 30.1 Å². The number of carbonyl (C=O) groups excluding carboxylic acids is 1. The Labute approximate surface area is 203 Å². The molecule has 5 aromatic rings. The van der Waals surface area contributed by atoms with Crippen LogP contribution in [0.4, 0.5) is 11.6 Å². The van der Waals surface area contributed by atoms with Crippen LogP contribution in [0.15, 0.2) is 70.8 Å². The maximum atomic E-state index is 12.6. The van der Waals surface area contributed by atoms with E-state index in [9.17, 15) is 13.2 Å². The third-order valence-electron chi connectivity index (χ3n) is 4.90. The minimum Gasteiger partial charge on any atom is -0.338 e. The normalized spacial score (nSPS) is 11.6. The first-order valence-corrected chi connectivity index (χ1v) is 12.8. The Balaban J connectivity index is 1.20. The predicted octanol–water partition coefficient (Wildman–Crippen LogP) is 3.14. The lowest BCUT2D eigenvalue weighted by Gasteiger charge is -2.08. The fraction of sp³-hybridized carbons (Fsp3) is 0.0909. The van der Waals surface area contributed by atoms with E-state index in [-0.39, 0.29) is 22.5 Å². The zero-order valence-corrected chi connectivity index (χ0v) is 19.9. The Morgan fingerprint density at radius 1 is 1.03 bits per heavy atom. The molecule has 3 heterocycles. The number of hydrogen-bond acceptors (Lipinski definition) is 9. The summed E-state index contributed by atoms with van der Waals surface area (Å²) in [6.45, 7) is 1.73. The number of thioether (sulfide) groups is 1. The van der Waals surface area contributed by atoms with Crippen LogP contribution in [-0.4, -0.2) is 50.2 Å². The lowest BCUT2D eigenvalue weighted by Crippen LogP contribution is -2.16. The maximum Gasteiger partial charge on any atom is 0.264 e. The van der Waals surface area contributed by atoms with E-state index in [4.69, 9.17) is 0 Å². The number of nitrogens with zero attached hydrogens (tertiary/aromatic N) is 5. The van der Waals surface area contributed by atoms with Gasteiger partial charge in [-0.15, -0.1) is 10.2 Å². The van der Waals surface area contributed by atoms with Gasteiger partial charge in [-0.05, 0) is 43.3 Å². The van der Waals surface area contributed by atoms with Crippen LogP contribution < -0.4 is 10.0 Å². The molecule has 0 aliphatic rings. The molecule has 0 radical (unpaired) electrons. The average Bonchev–Trinajstić information content (AvgIpc) is 3.21. The Kier molecular flexibility index (Phi) is 6.01. The minimum atomic E-state index is -3.87. The van der Waals surface area contributed by atoms with Gasteiger partial charge in [-0.25, -0.2) is 28.1 Å². The van der Waals surface area contributed by atoms with E-state index in [1.807, 2.05) is 24.3 Å². The number of H-pyrrole nitrogens is 1. The van der Waals surface area contributed by atoms with Gasteiger partial charge >= 0.3 is 0 Å². The van der Waals surface area contributed by atoms with Gasteiger partial charge in [0, 0.05) is 28.5 Å². The SMILES string of the molecule is Cc1ccnc(NS(=O)(=O)c2ccc(NC(=O)CSc3nnc4c(n3)[nH]c3ccccc34)cc2)n1. The standard InChI is InChI=1S/C22H18N8O3S2/c1-13-10-11-23-21(24-13)30-35(32,33)15-8-6-14(7-9-15)25-18(31)12-34-22-27-20-19(28-29-22)16-4-2-3-5-17(16)26-20/h2-11H,12H2,1H3,(H,25,31)(H,23,24,30)(H,26,27,29). The van der Waals surface area contributed by atoms with E-state index < -0.39 is 10.0 Å². The van der Waals surface area contributed by atoms with Crippen molar-refractivity contribution in [2.24, 2.45) is 0 Å². The van der Waals surface area contributed by atoms with Gasteiger partial charge in [-0.2, -0.15) is 0 Å². The molecule has 0 fully saturated rings. The number of hydrogen-bond donors (Lipinski definition) is 3. The van der Waals surface area contributed by atoms with Crippen molar-refractivity contribution in [3.05, 3.63) is 66.5 Å². The highest BCUT2D eigenvalue weighted by molar-refractivity contribution is 7.99. The molecule has 0 bridgehead atoms. The third-order valence-corrected chi connectivity index (χ3v) is 7.09. The molecule has 0 saturated heterocycles. The molecular formula is C22H18N8O3S2. The Morgan fingerprint density at radius 3 is 2.63 bits per heavy atom. The second-order valence-corrected chi connectivity index (χ2v) is 10.1. The molecular weight excluding hydrogens is 488 g/mol. The van der Waals surface area contributed by atoms with Crippen molar-refractivity contribution in [2.75, 3.05) is 15.8 Å². The number of sulfonamides is 1. The van der Waals surface area contributed by atoms with E-state index in [2.05, 4.69) is 40.2 Å². The number of carbonyl (C=O) groups is 1. The summed E-state index contributed by atoms with van der Waals surface area (Å²) in [5, 5.41) is 12.4. The molecule has 176 valence electrons. The monoisotopic (exact) mass is 506 g/mol. The Bertz CT molecular complexity index is 1650. The van der Waals surface area contributed by atoms with Gasteiger partial charge in [-0.3, -0.25) is 4.79 Å². The van der Waals surface area contributed by atoms with Crippen molar-refractivity contribution >= 4 is 61.4 Å². The highest BCUT2D eigenvalue weighted by atomic mass is 32.2. The van der Waals surface area contributed by atoms with E-state index in [0.717, 1.165) is 22.7 Å². The zero-order valence-electron chi connectivity index (χ0n) is 18.3. The van der Waals surface area contributed by atoms with Gasteiger partial charge in [0.1, 0.15) is 5.52 Å². The van der Waals surface area contributed by atoms with Crippen LogP contribution in [0, 0.1) is 6.92 Å². The summed E-state index contributed by atoms with van der Waals surface area (Å²) in [5.74, 6) is -0.251. The van der Waals surface area contributed by atoms with E-state index in [1.54, 1.807) is 13.0 Å². The van der Waals surface area contributed by atoms with Crippen LogP contribution in [0.3, 0.4) is 0 Å². The van der Waals surface area contributed by atoms with Crippen molar-refractivity contribution in [2.45, 2.75) is 17.0 Å². The largest absolute Gasteiger partial charge is 0.338 e. The summed E-state index contributed by atoms with van der Waals surface area (Å²) < 4.78 is 27.4. The molecule has 0 unspecified atom stereocenters. The van der Waals surface area contributed by atoms with Gasteiger partial charge in [0.25, 0.3) is 10.0 Å². The fourth-order valence-electron chi connectivity index (χ4n) is 3.29. The second-order valence-electron chi connectivity index (χ2n) is 7.45. The number of rotatable bonds is 7. The lowest BCUT2D eigenvalue weighted by atomic mass is 10.2. The summed E-state index contributed by atoms with van der Waals surface area (Å²) in [6, 6.07) is 15.1. The molecule has 0 atom stereocenters. The zero-order chi connectivity index (χ0) is 24.4. The number of fused-ring (bicyclic) bond motifs is 3. The average molecular weight is 507 g/mol. The highest BCUT2D eigenvalue weighted by Crippen LogP contribution is 2.23. The molecule has 5 rings (SSSR count). The summed E-state index contributed by atoms with van der Waals surface area (Å²) in [7, 11) is -3.87. The fourth-order valence-corrected chi connectivity index (χ4v) is 4.83. The number of aromatic nitrogens is 6. The van der Waals surface area contributed by atoms with Crippen LogP contribution in [0.2, 0.25) is 0 Å². The number of nitrogens with one attached hydrogen (secondary N) is 3. The molecule has 2 aromatic carbocycles. The molecule has 0 aliphatic carbocycles. The van der Waals surface area contributed by atoms with Crippen LogP contribution in [-0.2, 0) is 14.8 Å². The molecule has 0 spiro atoms. The molecule has 11 nitrogen and oxygen atoms in total. The number of para-hydroxylation sites is 1. The minimum absolute atomic E-state index is 0.0123. The van der Waals surface area contributed by atoms with Gasteiger partial charge in [0.15, 0.2) is 5.65 Å². The van der Waals surface area contributed by atoms with Crippen molar-refractivity contribution < 1.29 is 13.2 Å². The smallest absolute Gasteiger partial charge is 0.264 e. The van der Waals surface area contributed by atoms with Crippen LogP contribution in [0.5, 0.6) is 0 Å². The molecule has 0 saturated carbocycles.